The van der Waals surface area contributed by atoms with Crippen molar-refractivity contribution in [2.75, 3.05) is 7.11 Å². The zero-order valence-electron chi connectivity index (χ0n) is 11.7. The van der Waals surface area contributed by atoms with E-state index in [9.17, 15) is 0 Å². The van der Waals surface area contributed by atoms with Gasteiger partial charge >= 0.3 is 0 Å². The number of nitrogens with zero attached hydrogens (tertiary/aromatic N) is 1. The molecule has 1 atom stereocenters. The van der Waals surface area contributed by atoms with Crippen LogP contribution < -0.4 is 4.74 Å². The van der Waals surface area contributed by atoms with E-state index in [0.717, 1.165) is 23.4 Å². The van der Waals surface area contributed by atoms with Gasteiger partial charge in [-0.3, -0.25) is 0 Å². The van der Waals surface area contributed by atoms with Crippen LogP contribution in [0.25, 0.3) is 0 Å². The van der Waals surface area contributed by atoms with Crippen LogP contribution >= 0.6 is 0 Å². The first-order valence-corrected chi connectivity index (χ1v) is 6.70. The molecule has 0 radical (unpaired) electrons. The molecule has 1 heterocycles. The molecule has 20 heavy (non-hydrogen) atoms. The van der Waals surface area contributed by atoms with E-state index in [1.807, 2.05) is 24.3 Å². The topological polar surface area (TPSA) is 30.8 Å². The van der Waals surface area contributed by atoms with Crippen LogP contribution in [0.3, 0.4) is 0 Å². The highest BCUT2D eigenvalue weighted by molar-refractivity contribution is 6.01. The quantitative estimate of drug-likeness (QED) is 0.845. The third-order valence-electron chi connectivity index (χ3n) is 3.54. The van der Waals surface area contributed by atoms with Gasteiger partial charge < -0.3 is 9.57 Å². The molecular weight excluding hydrogens is 250 g/mol. The molecule has 0 saturated heterocycles. The molecular formula is C17H17NO2. The second kappa shape index (κ2) is 5.37. The first-order chi connectivity index (χ1) is 9.76. The van der Waals surface area contributed by atoms with Crippen molar-refractivity contribution >= 4 is 5.71 Å². The fourth-order valence-electron chi connectivity index (χ4n) is 2.29. The number of ether oxygens (including phenoxy) is 1. The molecule has 2 aromatic rings. The fraction of sp³-hybridized carbons (Fsp3) is 0.235. The van der Waals surface area contributed by atoms with Crippen LogP contribution in [0.15, 0.2) is 53.7 Å². The van der Waals surface area contributed by atoms with Crippen LogP contribution in [0.5, 0.6) is 5.75 Å². The minimum atomic E-state index is 0.0210. The van der Waals surface area contributed by atoms with Crippen molar-refractivity contribution in [1.82, 2.24) is 0 Å². The lowest BCUT2D eigenvalue weighted by atomic mass is 9.99. The van der Waals surface area contributed by atoms with Crippen LogP contribution in [-0.2, 0) is 4.84 Å². The Balaban J connectivity index is 1.73. The maximum Gasteiger partial charge on any atom is 0.158 e. The average Bonchev–Trinajstić information content (AvgIpc) is 2.98. The summed E-state index contributed by atoms with van der Waals surface area (Å²) in [6.07, 6.45) is 0.822. The Morgan fingerprint density at radius 2 is 1.75 bits per heavy atom. The Labute approximate surface area is 118 Å². The van der Waals surface area contributed by atoms with Gasteiger partial charge in [0, 0.05) is 6.42 Å². The monoisotopic (exact) mass is 267 g/mol. The molecule has 0 spiro atoms. The molecule has 0 bridgehead atoms. The lowest BCUT2D eigenvalue weighted by Gasteiger charge is -2.08. The average molecular weight is 267 g/mol. The van der Waals surface area contributed by atoms with E-state index in [4.69, 9.17) is 9.57 Å². The molecule has 0 fully saturated rings. The molecule has 1 aliphatic rings. The zero-order valence-corrected chi connectivity index (χ0v) is 11.7. The second-order valence-corrected chi connectivity index (χ2v) is 4.98. The normalized spacial score (nSPS) is 17.5. The van der Waals surface area contributed by atoms with Crippen molar-refractivity contribution in [3.8, 4) is 5.75 Å². The summed E-state index contributed by atoms with van der Waals surface area (Å²) in [7, 11) is 1.67. The van der Waals surface area contributed by atoms with E-state index in [-0.39, 0.29) is 6.10 Å². The van der Waals surface area contributed by atoms with Crippen LogP contribution in [0.1, 0.15) is 29.2 Å². The molecule has 102 valence electrons. The highest BCUT2D eigenvalue weighted by atomic mass is 16.6. The van der Waals surface area contributed by atoms with Gasteiger partial charge in [-0.05, 0) is 42.3 Å². The summed E-state index contributed by atoms with van der Waals surface area (Å²) >= 11 is 0. The van der Waals surface area contributed by atoms with Crippen molar-refractivity contribution in [3.05, 3.63) is 65.2 Å². The van der Waals surface area contributed by atoms with Gasteiger partial charge in [0.25, 0.3) is 0 Å². The number of hydrogen-bond donors (Lipinski definition) is 0. The minimum absolute atomic E-state index is 0.0210. The van der Waals surface area contributed by atoms with Crippen molar-refractivity contribution in [3.63, 3.8) is 0 Å². The lowest BCUT2D eigenvalue weighted by molar-refractivity contribution is 0.0857. The van der Waals surface area contributed by atoms with E-state index in [1.165, 1.54) is 11.1 Å². The van der Waals surface area contributed by atoms with Gasteiger partial charge in [-0.2, -0.15) is 0 Å². The molecule has 3 nitrogen and oxygen atoms in total. The second-order valence-electron chi connectivity index (χ2n) is 4.98. The molecule has 0 saturated carbocycles. The Bertz CT molecular complexity index is 614. The van der Waals surface area contributed by atoms with Gasteiger partial charge in [0.2, 0.25) is 0 Å². The van der Waals surface area contributed by atoms with Gasteiger partial charge in [-0.1, -0.05) is 35.0 Å². The van der Waals surface area contributed by atoms with Crippen molar-refractivity contribution in [2.24, 2.45) is 5.16 Å². The standard InChI is InChI=1S/C17H17NO2/c1-12-3-5-14(6-4-12)17-11-16(18-20-17)13-7-9-15(19-2)10-8-13/h3-10,17H,11H2,1-2H3/t17-/m0/s1. The van der Waals surface area contributed by atoms with E-state index in [1.54, 1.807) is 7.11 Å². The van der Waals surface area contributed by atoms with Crippen molar-refractivity contribution < 1.29 is 9.57 Å². The number of methoxy groups -OCH3 is 1. The number of aryl methyl sites for hydroxylation is 1. The molecule has 0 aliphatic carbocycles. The Hall–Kier alpha value is -2.29. The predicted octanol–water partition coefficient (Wildman–Crippen LogP) is 3.87. The van der Waals surface area contributed by atoms with Gasteiger partial charge in [0.05, 0.1) is 12.8 Å². The van der Waals surface area contributed by atoms with Gasteiger partial charge in [-0.15, -0.1) is 0 Å². The predicted molar refractivity (Wildman–Crippen MR) is 79.2 cm³/mol. The maximum absolute atomic E-state index is 5.56. The lowest BCUT2D eigenvalue weighted by Crippen LogP contribution is -2.01. The van der Waals surface area contributed by atoms with Crippen molar-refractivity contribution in [2.45, 2.75) is 19.4 Å². The third-order valence-corrected chi connectivity index (χ3v) is 3.54. The van der Waals surface area contributed by atoms with E-state index in [0.29, 0.717) is 0 Å². The fourth-order valence-corrected chi connectivity index (χ4v) is 2.29. The molecule has 2 aromatic carbocycles. The smallest absolute Gasteiger partial charge is 0.158 e. The maximum atomic E-state index is 5.56. The highest BCUT2D eigenvalue weighted by Crippen LogP contribution is 2.30. The summed E-state index contributed by atoms with van der Waals surface area (Å²) in [4.78, 5) is 5.56. The summed E-state index contributed by atoms with van der Waals surface area (Å²) in [6, 6.07) is 16.3. The van der Waals surface area contributed by atoms with E-state index < -0.39 is 0 Å². The summed E-state index contributed by atoms with van der Waals surface area (Å²) in [5.74, 6) is 0.850. The minimum Gasteiger partial charge on any atom is -0.497 e. The summed E-state index contributed by atoms with van der Waals surface area (Å²) in [5.41, 5.74) is 4.49. The van der Waals surface area contributed by atoms with Crippen molar-refractivity contribution in [1.29, 1.82) is 0 Å². The number of rotatable bonds is 3. The zero-order chi connectivity index (χ0) is 13.9. The van der Waals surface area contributed by atoms with Gasteiger partial charge in [-0.25, -0.2) is 0 Å². The van der Waals surface area contributed by atoms with Crippen LogP contribution in [0.2, 0.25) is 0 Å². The van der Waals surface area contributed by atoms with Gasteiger partial charge in [0.15, 0.2) is 6.10 Å². The largest absolute Gasteiger partial charge is 0.497 e. The molecule has 3 rings (SSSR count). The Morgan fingerprint density at radius 1 is 1.05 bits per heavy atom. The summed E-state index contributed by atoms with van der Waals surface area (Å²) in [5, 5.41) is 4.22. The van der Waals surface area contributed by atoms with E-state index in [2.05, 4.69) is 36.3 Å². The third kappa shape index (κ3) is 2.52. The number of benzene rings is 2. The van der Waals surface area contributed by atoms with Crippen LogP contribution in [0.4, 0.5) is 0 Å². The van der Waals surface area contributed by atoms with Gasteiger partial charge in [0.1, 0.15) is 5.75 Å². The van der Waals surface area contributed by atoms with E-state index >= 15 is 0 Å². The SMILES string of the molecule is COc1ccc(C2=NO[C@H](c3ccc(C)cc3)C2)cc1. The first-order valence-electron chi connectivity index (χ1n) is 6.70. The first kappa shape index (κ1) is 12.7. The summed E-state index contributed by atoms with van der Waals surface area (Å²) < 4.78 is 5.16. The molecule has 0 aromatic heterocycles. The number of hydrogen-bond acceptors (Lipinski definition) is 3. The highest BCUT2D eigenvalue weighted by Gasteiger charge is 2.23. The molecule has 0 N–H and O–H groups in total. The molecule has 1 aliphatic heterocycles. The van der Waals surface area contributed by atoms with Crippen LogP contribution in [-0.4, -0.2) is 12.8 Å². The molecule has 0 amide bonds. The molecule has 3 heteroatoms. The Kier molecular flexibility index (Phi) is 3.42. The van der Waals surface area contributed by atoms with Crippen LogP contribution in [0, 0.1) is 6.92 Å². The summed E-state index contributed by atoms with van der Waals surface area (Å²) in [6.45, 7) is 2.08. The Morgan fingerprint density at radius 3 is 2.40 bits per heavy atom. The molecule has 0 unspecified atom stereocenters. The number of oxime groups is 1.